The number of amides is 1. The summed E-state index contributed by atoms with van der Waals surface area (Å²) in [5, 5.41) is 10.3. The molecule has 0 spiro atoms. The van der Waals surface area contributed by atoms with Gasteiger partial charge in [0.05, 0.1) is 4.90 Å². The zero-order chi connectivity index (χ0) is 23.5. The number of nitrogens with zero attached hydrogens (tertiary/aromatic N) is 3. The molecule has 1 unspecified atom stereocenters. The van der Waals surface area contributed by atoms with Crippen LogP contribution in [0.1, 0.15) is 48.0 Å². The van der Waals surface area contributed by atoms with Crippen molar-refractivity contribution in [3.8, 4) is 11.5 Å². The summed E-state index contributed by atoms with van der Waals surface area (Å²) in [7, 11) is -3.58. The monoisotopic (exact) mass is 484 g/mol. The molecule has 1 saturated heterocycles. The molecule has 0 radical (unpaired) electrons. The van der Waals surface area contributed by atoms with Crippen LogP contribution in [-0.4, -0.2) is 48.5 Å². The fourth-order valence-electron chi connectivity index (χ4n) is 3.94. The first kappa shape index (κ1) is 22.4. The molecule has 2 aromatic carbocycles. The Hall–Kier alpha value is -3.44. The van der Waals surface area contributed by atoms with Crippen LogP contribution in [0.5, 0.6) is 11.5 Å². The number of anilines is 1. The fraction of sp³-hybridized carbons (Fsp3) is 0.348. The van der Waals surface area contributed by atoms with E-state index >= 15 is 0 Å². The maximum Gasteiger partial charge on any atom is 0.322 e. The van der Waals surface area contributed by atoms with Crippen LogP contribution in [0, 0.1) is 0 Å². The summed E-state index contributed by atoms with van der Waals surface area (Å²) in [6.45, 7) is 1.23. The van der Waals surface area contributed by atoms with E-state index in [2.05, 4.69) is 15.5 Å². The van der Waals surface area contributed by atoms with E-state index < -0.39 is 22.0 Å². The van der Waals surface area contributed by atoms with Gasteiger partial charge in [-0.1, -0.05) is 30.1 Å². The van der Waals surface area contributed by atoms with Crippen LogP contribution >= 0.6 is 0 Å². The van der Waals surface area contributed by atoms with Crippen molar-refractivity contribution in [2.24, 2.45) is 0 Å². The first-order valence-corrected chi connectivity index (χ1v) is 12.6. The number of aromatic nitrogens is 2. The zero-order valence-corrected chi connectivity index (χ0v) is 19.2. The molecule has 2 aliphatic rings. The average molecular weight is 485 g/mol. The van der Waals surface area contributed by atoms with E-state index in [9.17, 15) is 13.2 Å². The zero-order valence-electron chi connectivity index (χ0n) is 18.3. The van der Waals surface area contributed by atoms with E-state index in [-0.39, 0.29) is 29.0 Å². The molecule has 0 saturated carbocycles. The van der Waals surface area contributed by atoms with Crippen molar-refractivity contribution in [1.82, 2.24) is 14.5 Å². The second-order valence-corrected chi connectivity index (χ2v) is 10.0. The van der Waals surface area contributed by atoms with Gasteiger partial charge in [-0.25, -0.2) is 8.42 Å². The number of rotatable bonds is 5. The first-order valence-electron chi connectivity index (χ1n) is 11.1. The largest absolute Gasteiger partial charge is 0.485 e. The van der Waals surface area contributed by atoms with Crippen molar-refractivity contribution in [3.63, 3.8) is 0 Å². The van der Waals surface area contributed by atoms with E-state index in [1.54, 1.807) is 12.1 Å². The van der Waals surface area contributed by atoms with Gasteiger partial charge in [-0.15, -0.1) is 5.10 Å². The quantitative estimate of drug-likeness (QED) is 0.584. The molecular formula is C23H24N4O6S. The minimum Gasteiger partial charge on any atom is -0.485 e. The summed E-state index contributed by atoms with van der Waals surface area (Å²) in [5.41, 5.74) is 0.265. The predicted octanol–water partition coefficient (Wildman–Crippen LogP) is 3.40. The van der Waals surface area contributed by atoms with Crippen LogP contribution in [0.2, 0.25) is 0 Å². The number of carbonyl (C=O) groups is 1. The SMILES string of the molecule is O=C(Nc1nnc(C2COc3ccccc3O2)o1)c1ccc(S(=O)(=O)N2CCCCCC2)cc1. The van der Waals surface area contributed by atoms with Crippen LogP contribution in [0.15, 0.2) is 57.8 Å². The summed E-state index contributed by atoms with van der Waals surface area (Å²) in [5.74, 6) is 0.870. The highest BCUT2D eigenvalue weighted by Gasteiger charge is 2.28. The third-order valence-corrected chi connectivity index (χ3v) is 7.68. The number of ether oxygens (including phenoxy) is 2. The second-order valence-electron chi connectivity index (χ2n) is 8.11. The molecule has 3 aromatic rings. The number of para-hydroxylation sites is 2. The topological polar surface area (TPSA) is 124 Å². The van der Waals surface area contributed by atoms with Gasteiger partial charge in [0.25, 0.3) is 11.8 Å². The minimum atomic E-state index is -3.58. The van der Waals surface area contributed by atoms with E-state index in [1.165, 1.54) is 28.6 Å². The Labute approximate surface area is 196 Å². The average Bonchev–Trinajstić information content (AvgIpc) is 3.14. The van der Waals surface area contributed by atoms with Gasteiger partial charge < -0.3 is 13.9 Å². The van der Waals surface area contributed by atoms with Gasteiger partial charge in [-0.05, 0) is 49.2 Å². The van der Waals surface area contributed by atoms with Gasteiger partial charge in [-0.3, -0.25) is 10.1 Å². The number of hydrogen-bond donors (Lipinski definition) is 1. The minimum absolute atomic E-state index is 0.0938. The Bertz CT molecular complexity index is 1270. The Morgan fingerprint density at radius 2 is 1.65 bits per heavy atom. The number of fused-ring (bicyclic) bond motifs is 1. The highest BCUT2D eigenvalue weighted by atomic mass is 32.2. The summed E-state index contributed by atoms with van der Waals surface area (Å²) < 4.78 is 44.4. The lowest BCUT2D eigenvalue weighted by Crippen LogP contribution is -2.31. The van der Waals surface area contributed by atoms with E-state index in [1.807, 2.05) is 12.1 Å². The lowest BCUT2D eigenvalue weighted by Gasteiger charge is -2.23. The Kier molecular flexibility index (Phi) is 6.20. The molecule has 3 heterocycles. The van der Waals surface area contributed by atoms with Gasteiger partial charge >= 0.3 is 6.01 Å². The fourth-order valence-corrected chi connectivity index (χ4v) is 5.45. The maximum absolute atomic E-state index is 12.9. The van der Waals surface area contributed by atoms with Crippen molar-refractivity contribution < 1.29 is 27.1 Å². The number of carbonyl (C=O) groups excluding carboxylic acids is 1. The molecule has 0 aliphatic carbocycles. The van der Waals surface area contributed by atoms with E-state index in [0.717, 1.165) is 25.7 Å². The molecule has 1 fully saturated rings. The van der Waals surface area contributed by atoms with E-state index in [4.69, 9.17) is 13.9 Å². The van der Waals surface area contributed by atoms with Crippen LogP contribution in [0.3, 0.4) is 0 Å². The maximum atomic E-state index is 12.9. The Morgan fingerprint density at radius 1 is 0.941 bits per heavy atom. The molecule has 34 heavy (non-hydrogen) atoms. The highest BCUT2D eigenvalue weighted by Crippen LogP contribution is 2.35. The summed E-state index contributed by atoms with van der Waals surface area (Å²) in [6, 6.07) is 13.0. The number of sulfonamides is 1. The van der Waals surface area contributed by atoms with Crippen LogP contribution < -0.4 is 14.8 Å². The van der Waals surface area contributed by atoms with Gasteiger partial charge in [0.2, 0.25) is 16.1 Å². The molecular weight excluding hydrogens is 460 g/mol. The van der Waals surface area contributed by atoms with Crippen molar-refractivity contribution in [3.05, 3.63) is 60.0 Å². The van der Waals surface area contributed by atoms with Crippen molar-refractivity contribution >= 4 is 21.9 Å². The Balaban J connectivity index is 1.23. The predicted molar refractivity (Wildman–Crippen MR) is 121 cm³/mol. The number of benzene rings is 2. The van der Waals surface area contributed by atoms with Gasteiger partial charge in [0, 0.05) is 18.7 Å². The van der Waals surface area contributed by atoms with Gasteiger partial charge in [0.15, 0.2) is 11.5 Å². The number of nitrogens with one attached hydrogen (secondary N) is 1. The van der Waals surface area contributed by atoms with E-state index in [0.29, 0.717) is 24.6 Å². The van der Waals surface area contributed by atoms with Crippen LogP contribution in [0.25, 0.3) is 0 Å². The second kappa shape index (κ2) is 9.43. The smallest absolute Gasteiger partial charge is 0.322 e. The van der Waals surface area contributed by atoms with Crippen molar-refractivity contribution in [2.75, 3.05) is 25.0 Å². The molecule has 5 rings (SSSR count). The standard InChI is InChI=1S/C23H24N4O6S/c28-21(16-9-11-17(12-10-16)34(29,30)27-13-5-1-2-6-14-27)24-23-26-25-22(33-23)20-15-31-18-7-3-4-8-19(18)32-20/h3-4,7-12,20H,1-2,5-6,13-15H2,(H,24,26,28). The highest BCUT2D eigenvalue weighted by molar-refractivity contribution is 7.89. The third-order valence-electron chi connectivity index (χ3n) is 5.76. The normalized spacial score (nSPS) is 18.8. The molecule has 1 amide bonds. The van der Waals surface area contributed by atoms with Crippen LogP contribution in [-0.2, 0) is 10.0 Å². The summed E-state index contributed by atoms with van der Waals surface area (Å²) in [6.07, 6.45) is 3.19. The molecule has 2 aliphatic heterocycles. The molecule has 11 heteroatoms. The van der Waals surface area contributed by atoms with Gasteiger partial charge in [-0.2, -0.15) is 4.31 Å². The molecule has 1 aromatic heterocycles. The van der Waals surface area contributed by atoms with Crippen molar-refractivity contribution in [2.45, 2.75) is 36.7 Å². The van der Waals surface area contributed by atoms with Crippen LogP contribution in [0.4, 0.5) is 6.01 Å². The lowest BCUT2D eigenvalue weighted by atomic mass is 10.2. The number of hydrogen-bond acceptors (Lipinski definition) is 8. The summed E-state index contributed by atoms with van der Waals surface area (Å²) >= 11 is 0. The summed E-state index contributed by atoms with van der Waals surface area (Å²) in [4.78, 5) is 12.8. The Morgan fingerprint density at radius 3 is 2.38 bits per heavy atom. The molecule has 1 atom stereocenters. The van der Waals surface area contributed by atoms with Crippen molar-refractivity contribution in [1.29, 1.82) is 0 Å². The molecule has 1 N–H and O–H groups in total. The first-order chi connectivity index (χ1) is 16.5. The van der Waals surface area contributed by atoms with Gasteiger partial charge in [0.1, 0.15) is 6.61 Å². The molecule has 10 nitrogen and oxygen atoms in total. The molecule has 178 valence electrons. The molecule has 0 bridgehead atoms. The third kappa shape index (κ3) is 4.62. The lowest BCUT2D eigenvalue weighted by molar-refractivity contribution is 0.0716.